The number of aryl methyl sites for hydroxylation is 1. The molecule has 0 spiro atoms. The average molecular weight is 541 g/mol. The molecule has 166 valence electrons. The van der Waals surface area contributed by atoms with Gasteiger partial charge in [0.2, 0.25) is 0 Å². The molecule has 2 aromatic rings. The van der Waals surface area contributed by atoms with E-state index in [1.54, 1.807) is 38.2 Å². The lowest BCUT2D eigenvalue weighted by Crippen LogP contribution is -2.36. The number of halogens is 5. The van der Waals surface area contributed by atoms with Crippen molar-refractivity contribution in [3.8, 4) is 11.5 Å². The normalized spacial score (nSPS) is 11.5. The summed E-state index contributed by atoms with van der Waals surface area (Å²) in [4.78, 5) is 4.11. The molecule has 0 saturated carbocycles. The maximum atomic E-state index is 13.3. The lowest BCUT2D eigenvalue weighted by atomic mass is 10.1. The Morgan fingerprint density at radius 3 is 2.13 bits per heavy atom. The Morgan fingerprint density at radius 2 is 1.60 bits per heavy atom. The maximum Gasteiger partial charge on any atom is 0.422 e. The van der Waals surface area contributed by atoms with Gasteiger partial charge >= 0.3 is 6.18 Å². The van der Waals surface area contributed by atoms with Gasteiger partial charge in [-0.1, -0.05) is 18.2 Å². The molecule has 0 aliphatic rings. The fourth-order valence-electron chi connectivity index (χ4n) is 2.51. The molecule has 0 fully saturated rings. The third-order valence-electron chi connectivity index (χ3n) is 3.99. The molecule has 0 amide bonds. The van der Waals surface area contributed by atoms with E-state index >= 15 is 0 Å². The van der Waals surface area contributed by atoms with Crippen LogP contribution in [0.3, 0.4) is 0 Å². The number of methoxy groups -OCH3 is 1. The predicted molar refractivity (Wildman–Crippen MR) is 118 cm³/mol. The Balaban J connectivity index is 0.00000450. The highest BCUT2D eigenvalue weighted by Crippen LogP contribution is 2.29. The first-order chi connectivity index (χ1) is 13.7. The summed E-state index contributed by atoms with van der Waals surface area (Å²) in [6.45, 7) is 1.12. The predicted octanol–water partition coefficient (Wildman–Crippen LogP) is 4.57. The van der Waals surface area contributed by atoms with Crippen molar-refractivity contribution in [1.82, 2.24) is 10.6 Å². The van der Waals surface area contributed by atoms with Crippen LogP contribution in [0.4, 0.5) is 17.6 Å². The largest absolute Gasteiger partial charge is 0.493 e. The van der Waals surface area contributed by atoms with Crippen LogP contribution in [-0.2, 0) is 13.1 Å². The van der Waals surface area contributed by atoms with Gasteiger partial charge in [-0.05, 0) is 41.8 Å². The molecular weight excluding hydrogens is 517 g/mol. The molecule has 0 aliphatic carbocycles. The summed E-state index contributed by atoms with van der Waals surface area (Å²) in [6, 6.07) is 9.51. The molecule has 0 heterocycles. The molecule has 0 aliphatic heterocycles. The van der Waals surface area contributed by atoms with Crippen LogP contribution in [-0.4, -0.2) is 32.9 Å². The first-order valence-corrected chi connectivity index (χ1v) is 8.78. The van der Waals surface area contributed by atoms with Crippen molar-refractivity contribution in [2.75, 3.05) is 20.8 Å². The van der Waals surface area contributed by atoms with Gasteiger partial charge in [-0.3, -0.25) is 4.99 Å². The molecule has 0 bridgehead atoms. The third kappa shape index (κ3) is 8.25. The van der Waals surface area contributed by atoms with Crippen LogP contribution in [0.5, 0.6) is 11.5 Å². The summed E-state index contributed by atoms with van der Waals surface area (Å²) >= 11 is 0. The SMILES string of the molecule is CN=C(NCc1ccc(F)c(C)c1)NCc1ccc(OCC(F)(F)F)c(OC)c1.I. The number of guanidine groups is 1. The topological polar surface area (TPSA) is 54.9 Å². The van der Waals surface area contributed by atoms with Gasteiger partial charge in [0, 0.05) is 20.1 Å². The summed E-state index contributed by atoms with van der Waals surface area (Å²) < 4.78 is 60.2. The fraction of sp³-hybridized carbons (Fsp3) is 0.350. The van der Waals surface area contributed by atoms with Gasteiger partial charge in [-0.25, -0.2) is 4.39 Å². The molecule has 5 nitrogen and oxygen atoms in total. The standard InChI is InChI=1S/C20H23F4N3O2.HI/c1-13-8-14(4-6-16(13)21)10-26-19(25-2)27-11-15-5-7-17(18(9-15)28-3)29-12-20(22,23)24;/h4-9H,10-12H2,1-3H3,(H2,25,26,27);1H. The zero-order valence-corrected chi connectivity index (χ0v) is 19.1. The molecule has 0 unspecified atom stereocenters. The Hall–Kier alpha value is -2.24. The summed E-state index contributed by atoms with van der Waals surface area (Å²) in [5.74, 6) is 0.484. The van der Waals surface area contributed by atoms with Crippen molar-refractivity contribution in [1.29, 1.82) is 0 Å². The monoisotopic (exact) mass is 541 g/mol. The summed E-state index contributed by atoms with van der Waals surface area (Å²) in [6.07, 6.45) is -4.42. The summed E-state index contributed by atoms with van der Waals surface area (Å²) in [5.41, 5.74) is 2.23. The Morgan fingerprint density at radius 1 is 1.00 bits per heavy atom. The smallest absolute Gasteiger partial charge is 0.422 e. The maximum absolute atomic E-state index is 13.3. The number of hydrogen-bond donors (Lipinski definition) is 2. The number of alkyl halides is 3. The van der Waals surface area contributed by atoms with Crippen molar-refractivity contribution in [2.45, 2.75) is 26.2 Å². The minimum atomic E-state index is -4.42. The number of hydrogen-bond acceptors (Lipinski definition) is 3. The van der Waals surface area contributed by atoms with Gasteiger partial charge < -0.3 is 20.1 Å². The number of aliphatic imine (C=N–C) groups is 1. The van der Waals surface area contributed by atoms with Crippen molar-refractivity contribution >= 4 is 29.9 Å². The number of benzene rings is 2. The lowest BCUT2D eigenvalue weighted by Gasteiger charge is -2.15. The van der Waals surface area contributed by atoms with E-state index in [-0.39, 0.29) is 41.3 Å². The van der Waals surface area contributed by atoms with E-state index in [1.807, 2.05) is 0 Å². The third-order valence-corrected chi connectivity index (χ3v) is 3.99. The second-order valence-electron chi connectivity index (χ2n) is 6.25. The fourth-order valence-corrected chi connectivity index (χ4v) is 2.51. The molecule has 0 aromatic heterocycles. The molecule has 0 radical (unpaired) electrons. The quantitative estimate of drug-likeness (QED) is 0.234. The molecule has 30 heavy (non-hydrogen) atoms. The van der Waals surface area contributed by atoms with E-state index in [2.05, 4.69) is 15.6 Å². The molecule has 2 N–H and O–H groups in total. The van der Waals surface area contributed by atoms with E-state index in [1.165, 1.54) is 19.2 Å². The van der Waals surface area contributed by atoms with Gasteiger partial charge in [-0.2, -0.15) is 13.2 Å². The Kier molecular flexibility index (Phi) is 10.2. The Labute approximate surface area is 189 Å². The number of nitrogens with zero attached hydrogens (tertiary/aromatic N) is 1. The second kappa shape index (κ2) is 11.8. The molecule has 0 saturated heterocycles. The van der Waals surface area contributed by atoms with Crippen LogP contribution in [0.2, 0.25) is 0 Å². The second-order valence-corrected chi connectivity index (χ2v) is 6.25. The van der Waals surface area contributed by atoms with Crippen LogP contribution < -0.4 is 20.1 Å². The van der Waals surface area contributed by atoms with Crippen LogP contribution in [0.15, 0.2) is 41.4 Å². The highest BCUT2D eigenvalue weighted by molar-refractivity contribution is 14.0. The number of ether oxygens (including phenoxy) is 2. The van der Waals surface area contributed by atoms with Crippen molar-refractivity contribution < 1.29 is 27.0 Å². The van der Waals surface area contributed by atoms with Gasteiger partial charge in [-0.15, -0.1) is 24.0 Å². The highest BCUT2D eigenvalue weighted by Gasteiger charge is 2.29. The Bertz CT molecular complexity index is 860. The van der Waals surface area contributed by atoms with Crippen LogP contribution in [0.1, 0.15) is 16.7 Å². The van der Waals surface area contributed by atoms with Gasteiger partial charge in [0.15, 0.2) is 24.1 Å². The van der Waals surface area contributed by atoms with Gasteiger partial charge in [0.25, 0.3) is 0 Å². The van der Waals surface area contributed by atoms with Crippen LogP contribution in [0, 0.1) is 12.7 Å². The minimum Gasteiger partial charge on any atom is -0.493 e. The number of nitrogens with one attached hydrogen (secondary N) is 2. The molecule has 10 heteroatoms. The zero-order chi connectivity index (χ0) is 21.4. The molecule has 2 rings (SSSR count). The van der Waals surface area contributed by atoms with E-state index in [0.29, 0.717) is 24.6 Å². The van der Waals surface area contributed by atoms with E-state index in [0.717, 1.165) is 11.1 Å². The van der Waals surface area contributed by atoms with E-state index in [9.17, 15) is 17.6 Å². The molecular formula is C20H24F4IN3O2. The van der Waals surface area contributed by atoms with E-state index in [4.69, 9.17) is 9.47 Å². The first kappa shape index (κ1) is 25.8. The van der Waals surface area contributed by atoms with E-state index < -0.39 is 12.8 Å². The van der Waals surface area contributed by atoms with Crippen molar-refractivity contribution in [3.05, 3.63) is 58.9 Å². The van der Waals surface area contributed by atoms with Crippen molar-refractivity contribution in [2.24, 2.45) is 4.99 Å². The van der Waals surface area contributed by atoms with Crippen LogP contribution in [0.25, 0.3) is 0 Å². The molecule has 2 aromatic carbocycles. The van der Waals surface area contributed by atoms with Gasteiger partial charge in [0.05, 0.1) is 7.11 Å². The van der Waals surface area contributed by atoms with Crippen LogP contribution >= 0.6 is 24.0 Å². The average Bonchev–Trinajstić information content (AvgIpc) is 2.68. The lowest BCUT2D eigenvalue weighted by molar-refractivity contribution is -0.153. The zero-order valence-electron chi connectivity index (χ0n) is 16.8. The van der Waals surface area contributed by atoms with Crippen molar-refractivity contribution in [3.63, 3.8) is 0 Å². The minimum absolute atomic E-state index is 0. The summed E-state index contributed by atoms with van der Waals surface area (Å²) in [7, 11) is 2.97. The highest BCUT2D eigenvalue weighted by atomic mass is 127. The van der Waals surface area contributed by atoms with Gasteiger partial charge in [0.1, 0.15) is 5.82 Å². The number of rotatable bonds is 7. The first-order valence-electron chi connectivity index (χ1n) is 8.78. The molecule has 0 atom stereocenters. The summed E-state index contributed by atoms with van der Waals surface area (Å²) in [5, 5.41) is 6.21.